The first-order valence-corrected chi connectivity index (χ1v) is 8.90. The van der Waals surface area contributed by atoms with E-state index in [4.69, 9.17) is 0 Å². The van der Waals surface area contributed by atoms with Crippen molar-refractivity contribution in [2.45, 2.75) is 13.3 Å². The van der Waals surface area contributed by atoms with E-state index in [9.17, 15) is 9.90 Å². The van der Waals surface area contributed by atoms with Crippen LogP contribution in [-0.4, -0.2) is 17.5 Å². The normalized spacial score (nSPS) is 9.70. The molecule has 2 aromatic carbocycles. The van der Waals surface area contributed by atoms with Crippen LogP contribution >= 0.6 is 0 Å². The van der Waals surface area contributed by atoms with Crippen LogP contribution in [0.4, 0.5) is 0 Å². The third-order valence-corrected chi connectivity index (χ3v) is 4.10. The number of benzene rings is 2. The van der Waals surface area contributed by atoms with Crippen LogP contribution in [0.3, 0.4) is 0 Å². The van der Waals surface area contributed by atoms with Gasteiger partial charge in [-0.05, 0) is 34.8 Å². The Kier molecular flexibility index (Phi) is 7.94. The zero-order valence-corrected chi connectivity index (χ0v) is 15.5. The molecule has 1 heterocycles. The summed E-state index contributed by atoms with van der Waals surface area (Å²) in [4.78, 5) is 13.6. The largest absolute Gasteiger partial charge is 0.545 e. The van der Waals surface area contributed by atoms with Crippen LogP contribution in [0.5, 0.6) is 0 Å². The lowest BCUT2D eigenvalue weighted by Crippen LogP contribution is -2.51. The Bertz CT molecular complexity index is 813. The number of carboxylic acid groups (broad SMARTS) is 1. The van der Waals surface area contributed by atoms with Gasteiger partial charge in [0.1, 0.15) is 0 Å². The summed E-state index contributed by atoms with van der Waals surface area (Å²) in [6.45, 7) is 3.06. The van der Waals surface area contributed by atoms with Crippen molar-refractivity contribution in [3.8, 4) is 0 Å². The number of carboxylic acids is 1. The van der Waals surface area contributed by atoms with Gasteiger partial charge in [-0.15, -0.1) is 0 Å². The van der Waals surface area contributed by atoms with Crippen LogP contribution in [-0.2, 0) is 0 Å². The minimum Gasteiger partial charge on any atom is -0.545 e. The van der Waals surface area contributed by atoms with Crippen molar-refractivity contribution in [3.63, 3.8) is 0 Å². The van der Waals surface area contributed by atoms with Gasteiger partial charge in [0.25, 0.3) is 0 Å². The van der Waals surface area contributed by atoms with Crippen LogP contribution in [0, 0.1) is 0 Å². The van der Waals surface area contributed by atoms with Crippen molar-refractivity contribution in [2.75, 3.05) is 6.54 Å². The summed E-state index contributed by atoms with van der Waals surface area (Å²) in [5, 5.41) is 10.0. The zero-order valence-electron chi connectivity index (χ0n) is 15.5. The molecule has 0 atom stereocenters. The molecule has 0 aliphatic heterocycles. The minimum absolute atomic E-state index is 0.109. The first-order chi connectivity index (χ1) is 13.2. The molecule has 3 rings (SSSR count). The Hall–Kier alpha value is -3.24. The molecule has 1 aromatic heterocycles. The van der Waals surface area contributed by atoms with Gasteiger partial charge in [-0.25, -0.2) is 0 Å². The molecule has 4 heteroatoms. The molecule has 0 aliphatic rings. The number of hydrogen-bond acceptors (Lipinski definition) is 3. The minimum atomic E-state index is -1.19. The predicted molar refractivity (Wildman–Crippen MR) is 106 cm³/mol. The van der Waals surface area contributed by atoms with Crippen molar-refractivity contribution >= 4 is 11.5 Å². The number of aromatic carboxylic acids is 1. The summed E-state index contributed by atoms with van der Waals surface area (Å²) in [5.74, 6) is -1.19. The Morgan fingerprint density at radius 2 is 1.41 bits per heavy atom. The second-order valence-electron chi connectivity index (χ2n) is 5.84. The highest BCUT2D eigenvalue weighted by Crippen LogP contribution is 2.27. The van der Waals surface area contributed by atoms with Gasteiger partial charge in [-0.2, -0.15) is 0 Å². The van der Waals surface area contributed by atoms with E-state index in [-0.39, 0.29) is 5.56 Å². The highest BCUT2D eigenvalue weighted by atomic mass is 16.4. The van der Waals surface area contributed by atoms with Crippen molar-refractivity contribution in [2.24, 2.45) is 0 Å². The smallest absolute Gasteiger partial charge is 0.0965 e. The molecular formula is C23H24N2O2. The van der Waals surface area contributed by atoms with E-state index < -0.39 is 5.97 Å². The van der Waals surface area contributed by atoms with Gasteiger partial charge in [-0.1, -0.05) is 73.7 Å². The topological polar surface area (TPSA) is 80.7 Å². The van der Waals surface area contributed by atoms with Crippen LogP contribution < -0.4 is 10.8 Å². The monoisotopic (exact) mass is 360 g/mol. The predicted octanol–water partition coefficient (Wildman–Crippen LogP) is 2.59. The highest BCUT2D eigenvalue weighted by molar-refractivity contribution is 5.85. The summed E-state index contributed by atoms with van der Waals surface area (Å²) in [7, 11) is 0. The molecule has 0 saturated carbocycles. The van der Waals surface area contributed by atoms with Gasteiger partial charge < -0.3 is 15.6 Å². The molecule has 3 N–H and O–H groups in total. The number of aromatic nitrogens is 1. The second-order valence-corrected chi connectivity index (χ2v) is 5.84. The maximum atomic E-state index is 10.0. The third kappa shape index (κ3) is 5.90. The maximum absolute atomic E-state index is 10.0. The molecule has 4 nitrogen and oxygen atoms in total. The Labute approximate surface area is 160 Å². The van der Waals surface area contributed by atoms with E-state index in [1.165, 1.54) is 40.7 Å². The average Bonchev–Trinajstić information content (AvgIpc) is 2.74. The van der Waals surface area contributed by atoms with Gasteiger partial charge >= 0.3 is 0 Å². The van der Waals surface area contributed by atoms with Crippen LogP contribution in [0.2, 0.25) is 0 Å². The lowest BCUT2D eigenvalue weighted by Gasteiger charge is -2.13. The van der Waals surface area contributed by atoms with E-state index in [0.717, 1.165) is 13.0 Å². The standard InChI is InChI=1S/C17H19N.C6H5NO2/c1-2-14(13-18)17(15-9-5-3-6-10-15)16-11-7-4-8-12-16;8-6(9)5-2-1-3-7-4-5/h3-12H,2,13,18H2,1H3;1-4H,(H,8,9). The van der Waals surface area contributed by atoms with E-state index in [1.54, 1.807) is 6.07 Å². The summed E-state index contributed by atoms with van der Waals surface area (Å²) in [5.41, 5.74) is 9.49. The van der Waals surface area contributed by atoms with Gasteiger partial charge in [-0.3, -0.25) is 4.98 Å². The quantitative estimate of drug-likeness (QED) is 0.759. The lowest BCUT2D eigenvalue weighted by molar-refractivity contribution is -0.356. The molecule has 0 saturated heterocycles. The third-order valence-electron chi connectivity index (χ3n) is 4.10. The first-order valence-electron chi connectivity index (χ1n) is 8.90. The number of carbonyl (C=O) groups excluding carboxylic acids is 1. The molecular weight excluding hydrogens is 336 g/mol. The second kappa shape index (κ2) is 10.7. The van der Waals surface area contributed by atoms with Crippen molar-refractivity contribution in [3.05, 3.63) is 107 Å². The molecule has 0 unspecified atom stereocenters. The molecule has 27 heavy (non-hydrogen) atoms. The molecule has 0 aliphatic carbocycles. The number of hydrogen-bond donors (Lipinski definition) is 1. The number of carbonyl (C=O) groups is 1. The van der Waals surface area contributed by atoms with Crippen molar-refractivity contribution in [1.82, 2.24) is 4.98 Å². The van der Waals surface area contributed by atoms with Gasteiger partial charge in [0, 0.05) is 18.0 Å². The molecule has 3 aromatic rings. The van der Waals surface area contributed by atoms with Gasteiger partial charge in [0.05, 0.1) is 12.5 Å². The van der Waals surface area contributed by atoms with E-state index in [0.29, 0.717) is 0 Å². The summed E-state index contributed by atoms with van der Waals surface area (Å²) >= 11 is 0. The van der Waals surface area contributed by atoms with E-state index >= 15 is 0 Å². The average molecular weight is 360 g/mol. The molecule has 0 fully saturated rings. The number of pyridine rings is 1. The van der Waals surface area contributed by atoms with Crippen LogP contribution in [0.25, 0.3) is 5.57 Å². The van der Waals surface area contributed by atoms with Gasteiger partial charge in [0.2, 0.25) is 0 Å². The number of rotatable bonds is 5. The number of nitrogens with zero attached hydrogens (tertiary/aromatic N) is 1. The Balaban J connectivity index is 0.000000244. The molecule has 0 radical (unpaired) electrons. The molecule has 0 bridgehead atoms. The van der Waals surface area contributed by atoms with Gasteiger partial charge in [0.15, 0.2) is 0 Å². The lowest BCUT2D eigenvalue weighted by atomic mass is 9.92. The van der Waals surface area contributed by atoms with E-state index in [2.05, 4.69) is 78.3 Å². The summed E-state index contributed by atoms with van der Waals surface area (Å²) < 4.78 is 0. The van der Waals surface area contributed by atoms with Crippen molar-refractivity contribution in [1.29, 1.82) is 0 Å². The Morgan fingerprint density at radius 3 is 1.74 bits per heavy atom. The van der Waals surface area contributed by atoms with Crippen LogP contribution in [0.1, 0.15) is 34.8 Å². The van der Waals surface area contributed by atoms with Crippen LogP contribution in [0.15, 0.2) is 90.8 Å². The fourth-order valence-electron chi connectivity index (χ4n) is 2.75. The van der Waals surface area contributed by atoms with E-state index in [1.807, 2.05) is 0 Å². The fraction of sp³-hybridized carbons (Fsp3) is 0.130. The number of quaternary nitrogens is 1. The molecule has 0 amide bonds. The summed E-state index contributed by atoms with van der Waals surface area (Å²) in [6, 6.07) is 24.2. The zero-order chi connectivity index (χ0) is 19.5. The molecule has 138 valence electrons. The SMILES string of the molecule is CCC(C[NH3+])=C(c1ccccc1)c1ccccc1.O=C([O-])c1cccnc1. The maximum Gasteiger partial charge on any atom is 0.0965 e. The highest BCUT2D eigenvalue weighted by Gasteiger charge is 2.10. The first kappa shape index (κ1) is 20.1. The Morgan fingerprint density at radius 1 is 0.889 bits per heavy atom. The fourth-order valence-corrected chi connectivity index (χ4v) is 2.75. The van der Waals surface area contributed by atoms with Crippen molar-refractivity contribution < 1.29 is 15.6 Å². The summed E-state index contributed by atoms with van der Waals surface area (Å²) in [6.07, 6.45) is 3.80. The molecule has 0 spiro atoms.